The number of carbonyl (C=O) groups excluding carboxylic acids is 3. The van der Waals surface area contributed by atoms with Crippen molar-refractivity contribution in [2.45, 2.75) is 104 Å². The largest absolute Gasteiger partial charge is 0.393 e. The van der Waals surface area contributed by atoms with Gasteiger partial charge < -0.3 is 15.7 Å². The van der Waals surface area contributed by atoms with Crippen LogP contribution in [0.2, 0.25) is 0 Å². The Morgan fingerprint density at radius 3 is 2.40 bits per heavy atom. The number of benzene rings is 1. The fourth-order valence-electron chi connectivity index (χ4n) is 10.2. The first kappa shape index (κ1) is 31.0. The van der Waals surface area contributed by atoms with E-state index in [1.807, 2.05) is 0 Å². The topological polar surface area (TPSA) is 128 Å². The Morgan fingerprint density at radius 2 is 1.67 bits per heavy atom. The number of hydrogen-bond donors (Lipinski definition) is 5. The van der Waals surface area contributed by atoms with Crippen molar-refractivity contribution in [1.29, 1.82) is 0 Å². The van der Waals surface area contributed by atoms with Crippen molar-refractivity contribution >= 4 is 17.7 Å². The molecule has 4 aliphatic rings. The number of hydrogen-bond acceptors (Lipinski definition) is 5. The van der Waals surface area contributed by atoms with Crippen molar-refractivity contribution in [1.82, 2.24) is 16.1 Å². The number of carbonyl (C=O) groups is 3. The van der Waals surface area contributed by atoms with Crippen LogP contribution in [0, 0.1) is 46.3 Å². The van der Waals surface area contributed by atoms with E-state index in [1.54, 1.807) is 29.7 Å². The molecule has 1 aromatic carbocycles. The summed E-state index contributed by atoms with van der Waals surface area (Å²) in [7, 11) is 0. The molecule has 8 heteroatoms. The Kier molecular flexibility index (Phi) is 9.33. The van der Waals surface area contributed by atoms with Crippen molar-refractivity contribution in [3.05, 3.63) is 35.4 Å². The molecule has 0 aromatic heterocycles. The summed E-state index contributed by atoms with van der Waals surface area (Å²) in [4.78, 5) is 36.4. The van der Waals surface area contributed by atoms with Crippen molar-refractivity contribution in [3.8, 4) is 0 Å². The first-order chi connectivity index (χ1) is 20.1. The van der Waals surface area contributed by atoms with E-state index >= 15 is 0 Å². The molecule has 0 heterocycles. The summed E-state index contributed by atoms with van der Waals surface area (Å²) >= 11 is 0. The Labute approximate surface area is 250 Å². The second-order valence-corrected chi connectivity index (χ2v) is 14.5. The monoisotopic (exact) mass is 581 g/mol. The molecule has 7 unspecified atom stereocenters. The smallest absolute Gasteiger partial charge is 0.274 e. The molecule has 5 N–H and O–H groups in total. The van der Waals surface area contributed by atoms with Crippen LogP contribution in [-0.2, 0) is 16.1 Å². The minimum Gasteiger partial charge on any atom is -0.393 e. The van der Waals surface area contributed by atoms with E-state index in [1.165, 1.54) is 51.4 Å². The zero-order valence-electron chi connectivity index (χ0n) is 25.7. The van der Waals surface area contributed by atoms with Gasteiger partial charge in [-0.25, -0.2) is 5.48 Å². The fourth-order valence-corrected chi connectivity index (χ4v) is 10.2. The van der Waals surface area contributed by atoms with E-state index in [0.29, 0.717) is 52.9 Å². The van der Waals surface area contributed by atoms with Gasteiger partial charge >= 0.3 is 0 Å². The SMILES string of the molecule is C[C@H](CCC(=O)NCC(=O)NCc1ccc(C(=O)NO)cc1)C1CCC2C3C(CCC21C)C1(C)CCCCC1C[C@@H]3O. The first-order valence-corrected chi connectivity index (χ1v) is 16.3. The van der Waals surface area contributed by atoms with Crippen LogP contribution in [-0.4, -0.2) is 40.7 Å². The van der Waals surface area contributed by atoms with Crippen LogP contribution >= 0.6 is 0 Å². The van der Waals surface area contributed by atoms with E-state index in [0.717, 1.165) is 18.4 Å². The summed E-state index contributed by atoms with van der Waals surface area (Å²) in [5.41, 5.74) is 3.35. The van der Waals surface area contributed by atoms with Gasteiger partial charge in [-0.15, -0.1) is 0 Å². The van der Waals surface area contributed by atoms with Crippen LogP contribution in [0.5, 0.6) is 0 Å². The second kappa shape index (κ2) is 12.7. The van der Waals surface area contributed by atoms with E-state index in [9.17, 15) is 19.5 Å². The molecule has 232 valence electrons. The Bertz CT molecular complexity index is 1140. The lowest BCUT2D eigenvalue weighted by molar-refractivity contribution is -0.164. The lowest BCUT2D eigenvalue weighted by Crippen LogP contribution is -2.57. The molecule has 8 nitrogen and oxygen atoms in total. The Morgan fingerprint density at radius 1 is 0.929 bits per heavy atom. The van der Waals surface area contributed by atoms with Crippen LogP contribution in [0.3, 0.4) is 0 Å². The van der Waals surface area contributed by atoms with Crippen molar-refractivity contribution in [2.24, 2.45) is 46.3 Å². The average Bonchev–Trinajstić information content (AvgIpc) is 3.35. The maximum Gasteiger partial charge on any atom is 0.274 e. The highest BCUT2D eigenvalue weighted by Gasteiger charge is 2.62. The van der Waals surface area contributed by atoms with Gasteiger partial charge in [-0.3, -0.25) is 19.6 Å². The van der Waals surface area contributed by atoms with Gasteiger partial charge in [0.2, 0.25) is 11.8 Å². The summed E-state index contributed by atoms with van der Waals surface area (Å²) in [6.45, 7) is 7.56. The summed E-state index contributed by atoms with van der Waals surface area (Å²) in [5, 5.41) is 25.7. The second-order valence-electron chi connectivity index (χ2n) is 14.5. The van der Waals surface area contributed by atoms with Crippen LogP contribution in [0.15, 0.2) is 24.3 Å². The molecule has 4 aliphatic carbocycles. The number of nitrogens with one attached hydrogen (secondary N) is 3. The maximum absolute atomic E-state index is 12.7. The lowest BCUT2D eigenvalue weighted by atomic mass is 9.44. The number of hydroxylamine groups is 1. The fraction of sp³-hybridized carbons (Fsp3) is 0.735. The van der Waals surface area contributed by atoms with Gasteiger partial charge in [0.1, 0.15) is 0 Å². The highest BCUT2D eigenvalue weighted by atomic mass is 16.5. The number of aliphatic hydroxyl groups is 1. The molecule has 1 aromatic rings. The first-order valence-electron chi connectivity index (χ1n) is 16.3. The molecule has 0 radical (unpaired) electrons. The highest BCUT2D eigenvalue weighted by molar-refractivity contribution is 5.93. The van der Waals surface area contributed by atoms with Gasteiger partial charge in [0.15, 0.2) is 0 Å². The van der Waals surface area contributed by atoms with Gasteiger partial charge in [0, 0.05) is 18.5 Å². The molecule has 5 rings (SSSR count). The third-order valence-corrected chi connectivity index (χ3v) is 12.4. The van der Waals surface area contributed by atoms with E-state index < -0.39 is 5.91 Å². The molecule has 0 bridgehead atoms. The summed E-state index contributed by atoms with van der Waals surface area (Å²) in [5.74, 6) is 2.39. The molecule has 0 saturated heterocycles. The quantitative estimate of drug-likeness (QED) is 0.208. The molecule has 42 heavy (non-hydrogen) atoms. The molecule has 0 spiro atoms. The van der Waals surface area contributed by atoms with E-state index in [4.69, 9.17) is 5.21 Å². The summed E-state index contributed by atoms with van der Waals surface area (Å²) in [6.07, 6.45) is 12.2. The van der Waals surface area contributed by atoms with Crippen molar-refractivity contribution in [3.63, 3.8) is 0 Å². The third kappa shape index (κ3) is 5.99. The predicted octanol–water partition coefficient (Wildman–Crippen LogP) is 4.97. The standard InChI is InChI=1S/C34H51N3O5/c1-21(7-14-29(39)36-20-30(40)35-19-22-8-10-23(11-9-22)32(41)37-42)25-12-13-26-31-27(15-17-34(25,26)3)33(2)16-5-4-6-24(33)18-28(31)38/h8-11,21,24-28,31,38,42H,4-7,12-20H2,1-3H3,(H,35,40)(H,36,39)(H,37,41)/t21-,24?,25?,26?,27?,28+,31?,33?,34?/m1/s1. The molecular weight excluding hydrogens is 530 g/mol. The third-order valence-electron chi connectivity index (χ3n) is 12.4. The number of amides is 3. The van der Waals surface area contributed by atoms with Gasteiger partial charge in [-0.1, -0.05) is 45.7 Å². The molecule has 0 aliphatic heterocycles. The van der Waals surface area contributed by atoms with Crippen LogP contribution < -0.4 is 16.1 Å². The zero-order valence-corrected chi connectivity index (χ0v) is 25.7. The maximum atomic E-state index is 12.7. The molecule has 3 amide bonds. The number of rotatable bonds is 9. The van der Waals surface area contributed by atoms with Gasteiger partial charge in [-0.2, -0.15) is 0 Å². The van der Waals surface area contributed by atoms with E-state index in [2.05, 4.69) is 31.4 Å². The normalized spacial score (nSPS) is 36.1. The van der Waals surface area contributed by atoms with Crippen molar-refractivity contribution < 1.29 is 24.7 Å². The van der Waals surface area contributed by atoms with Crippen LogP contribution in [0.25, 0.3) is 0 Å². The van der Waals surface area contributed by atoms with E-state index in [-0.39, 0.29) is 36.4 Å². The Balaban J connectivity index is 1.08. The Hall–Kier alpha value is -2.45. The van der Waals surface area contributed by atoms with Crippen LogP contribution in [0.4, 0.5) is 0 Å². The van der Waals surface area contributed by atoms with Crippen LogP contribution in [0.1, 0.15) is 107 Å². The minimum atomic E-state index is -0.591. The molecular formula is C34H51N3O5. The summed E-state index contributed by atoms with van der Waals surface area (Å²) in [6, 6.07) is 6.54. The van der Waals surface area contributed by atoms with Gasteiger partial charge in [0.25, 0.3) is 5.91 Å². The zero-order chi connectivity index (χ0) is 30.1. The lowest BCUT2D eigenvalue weighted by Gasteiger charge is -2.62. The molecule has 9 atom stereocenters. The predicted molar refractivity (Wildman–Crippen MR) is 160 cm³/mol. The molecule has 4 fully saturated rings. The van der Waals surface area contributed by atoms with Gasteiger partial charge in [0.05, 0.1) is 12.6 Å². The summed E-state index contributed by atoms with van der Waals surface area (Å²) < 4.78 is 0. The highest BCUT2D eigenvalue weighted by Crippen LogP contribution is 2.68. The van der Waals surface area contributed by atoms with Gasteiger partial charge in [-0.05, 0) is 115 Å². The molecule has 4 saturated carbocycles. The average molecular weight is 582 g/mol. The number of fused-ring (bicyclic) bond motifs is 5. The van der Waals surface area contributed by atoms with Crippen molar-refractivity contribution in [2.75, 3.05) is 6.54 Å². The minimum absolute atomic E-state index is 0.0673. The number of aliphatic hydroxyl groups excluding tert-OH is 1.